The summed E-state index contributed by atoms with van der Waals surface area (Å²) >= 11 is 4.24. The van der Waals surface area contributed by atoms with Gasteiger partial charge in [0.15, 0.2) is 0 Å². The first kappa shape index (κ1) is 25.8. The van der Waals surface area contributed by atoms with Crippen molar-refractivity contribution in [2.45, 2.75) is 48.6 Å². The highest BCUT2D eigenvalue weighted by molar-refractivity contribution is 7.99. The van der Waals surface area contributed by atoms with Crippen LogP contribution >= 0.6 is 24.4 Å². The van der Waals surface area contributed by atoms with E-state index in [1.54, 1.807) is 0 Å². The Kier molecular flexibility index (Phi) is 7.97. The standard InChI is InChI=1S/C11H11F13S2/c12-6(13,2-5-26-4-1-3-25)7(14,15)8(16,17)9(18,19)10(20,21)11(22,23)24/h25H,1-5H2. The molecule has 0 aromatic rings. The maximum atomic E-state index is 13.3. The molecule has 0 radical (unpaired) electrons. The van der Waals surface area contributed by atoms with Crippen molar-refractivity contribution in [2.24, 2.45) is 0 Å². The molecule has 0 atom stereocenters. The van der Waals surface area contributed by atoms with Crippen LogP contribution in [0.3, 0.4) is 0 Å². The van der Waals surface area contributed by atoms with Gasteiger partial charge in [-0.2, -0.15) is 81.5 Å². The summed E-state index contributed by atoms with van der Waals surface area (Å²) in [6.45, 7) is 0. The summed E-state index contributed by atoms with van der Waals surface area (Å²) in [7, 11) is 0. The molecule has 0 spiro atoms. The van der Waals surface area contributed by atoms with Crippen LogP contribution in [0.15, 0.2) is 0 Å². The van der Waals surface area contributed by atoms with Crippen molar-refractivity contribution in [2.75, 3.05) is 17.3 Å². The van der Waals surface area contributed by atoms with Gasteiger partial charge in [-0.1, -0.05) is 0 Å². The molecule has 0 rings (SSSR count). The molecule has 15 heteroatoms. The zero-order valence-electron chi connectivity index (χ0n) is 12.3. The second kappa shape index (κ2) is 8.03. The van der Waals surface area contributed by atoms with Crippen LogP contribution in [-0.2, 0) is 0 Å². The first-order valence-corrected chi connectivity index (χ1v) is 8.24. The van der Waals surface area contributed by atoms with Crippen molar-refractivity contribution in [1.82, 2.24) is 0 Å². The first-order chi connectivity index (χ1) is 11.3. The Balaban J connectivity index is 5.64. The molecule has 0 aliphatic carbocycles. The topological polar surface area (TPSA) is 0 Å². The molecule has 0 bridgehead atoms. The summed E-state index contributed by atoms with van der Waals surface area (Å²) in [5.41, 5.74) is 0. The van der Waals surface area contributed by atoms with Crippen molar-refractivity contribution >= 4 is 24.4 Å². The van der Waals surface area contributed by atoms with E-state index in [1.165, 1.54) is 0 Å². The molecule has 0 saturated carbocycles. The number of thioether (sulfide) groups is 1. The smallest absolute Gasteiger partial charge is 0.200 e. The van der Waals surface area contributed by atoms with Gasteiger partial charge in [0, 0.05) is 6.42 Å². The Morgan fingerprint density at radius 1 is 0.577 bits per heavy atom. The molecule has 0 saturated heterocycles. The molecule has 158 valence electrons. The number of alkyl halides is 13. The average Bonchev–Trinajstić information content (AvgIpc) is 2.44. The van der Waals surface area contributed by atoms with Crippen molar-refractivity contribution in [3.63, 3.8) is 0 Å². The molecule has 0 aromatic carbocycles. The monoisotopic (exact) mass is 454 g/mol. The van der Waals surface area contributed by atoms with Crippen molar-refractivity contribution in [3.8, 4) is 0 Å². The lowest BCUT2D eigenvalue weighted by Gasteiger charge is -2.39. The van der Waals surface area contributed by atoms with Gasteiger partial charge in [-0.3, -0.25) is 0 Å². The SMILES string of the molecule is FC(F)(F)C(F)(F)C(F)(F)C(F)(F)C(F)(F)C(F)(F)CCSCCCS. The van der Waals surface area contributed by atoms with E-state index in [9.17, 15) is 57.1 Å². The van der Waals surface area contributed by atoms with Gasteiger partial charge in [0.2, 0.25) is 0 Å². The first-order valence-electron chi connectivity index (χ1n) is 6.45. The zero-order chi connectivity index (χ0) is 21.2. The molecular weight excluding hydrogens is 443 g/mol. The van der Waals surface area contributed by atoms with Crippen LogP contribution in [0.2, 0.25) is 0 Å². The molecular formula is C11H11F13S2. The largest absolute Gasteiger partial charge is 0.460 e. The molecule has 0 fully saturated rings. The van der Waals surface area contributed by atoms with Gasteiger partial charge in [0.25, 0.3) is 0 Å². The fourth-order valence-electron chi connectivity index (χ4n) is 1.43. The molecule has 0 amide bonds. The molecule has 0 aliphatic rings. The molecule has 0 nitrogen and oxygen atoms in total. The van der Waals surface area contributed by atoms with Crippen LogP contribution < -0.4 is 0 Å². The van der Waals surface area contributed by atoms with Gasteiger partial charge in [-0.25, -0.2) is 0 Å². The van der Waals surface area contributed by atoms with Crippen LogP contribution in [0.4, 0.5) is 57.1 Å². The highest BCUT2D eigenvalue weighted by atomic mass is 32.2. The maximum absolute atomic E-state index is 13.3. The van der Waals surface area contributed by atoms with Gasteiger partial charge in [0.1, 0.15) is 0 Å². The lowest BCUT2D eigenvalue weighted by atomic mass is 9.93. The number of rotatable bonds is 10. The van der Waals surface area contributed by atoms with Crippen molar-refractivity contribution in [3.05, 3.63) is 0 Å². The fraction of sp³-hybridized carbons (Fsp3) is 1.00. The quantitative estimate of drug-likeness (QED) is 0.234. The molecule has 0 N–H and O–H groups in total. The summed E-state index contributed by atoms with van der Waals surface area (Å²) in [5, 5.41) is 0. The van der Waals surface area contributed by atoms with E-state index in [-0.39, 0.29) is 11.5 Å². The second-order valence-corrected chi connectivity index (χ2v) is 6.61. The Labute approximate surface area is 148 Å². The van der Waals surface area contributed by atoms with Crippen LogP contribution in [0.1, 0.15) is 12.8 Å². The van der Waals surface area contributed by atoms with Gasteiger partial charge >= 0.3 is 35.8 Å². The summed E-state index contributed by atoms with van der Waals surface area (Å²) in [5.74, 6) is -37.0. The molecule has 0 aliphatic heterocycles. The Morgan fingerprint density at radius 2 is 1.00 bits per heavy atom. The third-order valence-electron chi connectivity index (χ3n) is 3.01. The normalized spacial score (nSPS) is 15.5. The fourth-order valence-corrected chi connectivity index (χ4v) is 2.75. The van der Waals surface area contributed by atoms with Gasteiger partial charge in [-0.05, 0) is 23.7 Å². The van der Waals surface area contributed by atoms with Crippen molar-refractivity contribution in [1.29, 1.82) is 0 Å². The van der Waals surface area contributed by atoms with E-state index in [1.807, 2.05) is 0 Å². The lowest BCUT2D eigenvalue weighted by molar-refractivity contribution is -0.439. The minimum Gasteiger partial charge on any atom is -0.200 e. The summed E-state index contributed by atoms with van der Waals surface area (Å²) in [4.78, 5) is 0. The Bertz CT molecular complexity index is 457. The van der Waals surface area contributed by atoms with Gasteiger partial charge in [0.05, 0.1) is 0 Å². The number of thiol groups is 1. The molecule has 0 heterocycles. The third kappa shape index (κ3) is 4.43. The van der Waals surface area contributed by atoms with Crippen LogP contribution in [0, 0.1) is 0 Å². The van der Waals surface area contributed by atoms with E-state index in [0.717, 1.165) is 0 Å². The number of halogens is 13. The third-order valence-corrected chi connectivity index (χ3v) is 4.39. The van der Waals surface area contributed by atoms with Gasteiger partial charge in [-0.15, -0.1) is 0 Å². The summed E-state index contributed by atoms with van der Waals surface area (Å²) in [6, 6.07) is 0. The van der Waals surface area contributed by atoms with E-state index in [4.69, 9.17) is 0 Å². The van der Waals surface area contributed by atoms with E-state index in [2.05, 4.69) is 12.6 Å². The molecule has 0 unspecified atom stereocenters. The van der Waals surface area contributed by atoms with Crippen LogP contribution in [-0.4, -0.2) is 53.0 Å². The van der Waals surface area contributed by atoms with Crippen molar-refractivity contribution < 1.29 is 57.1 Å². The zero-order valence-corrected chi connectivity index (χ0v) is 14.0. The molecule has 0 aromatic heterocycles. The highest BCUT2D eigenvalue weighted by Gasteiger charge is 2.90. The van der Waals surface area contributed by atoms with E-state index >= 15 is 0 Å². The van der Waals surface area contributed by atoms with Crippen LogP contribution in [0.25, 0.3) is 0 Å². The van der Waals surface area contributed by atoms with Gasteiger partial charge < -0.3 is 0 Å². The summed E-state index contributed by atoms with van der Waals surface area (Å²) < 4.78 is 166. The Hall–Kier alpha value is -0.210. The maximum Gasteiger partial charge on any atom is 0.460 e. The average molecular weight is 454 g/mol. The minimum atomic E-state index is -7.83. The predicted molar refractivity (Wildman–Crippen MR) is 71.2 cm³/mol. The van der Waals surface area contributed by atoms with E-state index < -0.39 is 48.0 Å². The highest BCUT2D eigenvalue weighted by Crippen LogP contribution is 2.60. The minimum absolute atomic E-state index is 0.0594. The van der Waals surface area contributed by atoms with E-state index in [0.29, 0.717) is 18.2 Å². The summed E-state index contributed by atoms with van der Waals surface area (Å²) in [6.07, 6.45) is -9.24. The predicted octanol–water partition coefficient (Wildman–Crippen LogP) is 6.17. The molecule has 26 heavy (non-hydrogen) atoms. The number of hydrogen-bond donors (Lipinski definition) is 1. The second-order valence-electron chi connectivity index (χ2n) is 4.94. The lowest BCUT2D eigenvalue weighted by Crippen LogP contribution is -2.70. The van der Waals surface area contributed by atoms with Crippen LogP contribution in [0.5, 0.6) is 0 Å². The number of hydrogen-bond acceptors (Lipinski definition) is 2. The Morgan fingerprint density at radius 3 is 1.38 bits per heavy atom.